The van der Waals surface area contributed by atoms with Gasteiger partial charge in [-0.2, -0.15) is 0 Å². The third kappa shape index (κ3) is 7.70. The van der Waals surface area contributed by atoms with Gasteiger partial charge in [0.05, 0.1) is 0 Å². The second-order valence-corrected chi connectivity index (χ2v) is 13.3. The van der Waals surface area contributed by atoms with E-state index in [1.165, 1.54) is 5.56 Å². The SMILES string of the molecule is CC(C)C(NS(=O)(=O)C1CC(NC(=O)C2CCNCC2)=CC=C1N1CCC(Cc2ccccc2)CC1)C(N)=O. The summed E-state index contributed by atoms with van der Waals surface area (Å²) >= 11 is 0. The molecule has 0 spiro atoms. The molecule has 2 aliphatic heterocycles. The molecule has 2 amide bonds. The van der Waals surface area contributed by atoms with Gasteiger partial charge in [-0.3, -0.25) is 9.59 Å². The molecule has 2 heterocycles. The number of likely N-dealkylation sites (tertiary alicyclic amines) is 1. The van der Waals surface area contributed by atoms with E-state index in [0.717, 1.165) is 58.3 Å². The van der Waals surface area contributed by atoms with E-state index in [1.54, 1.807) is 13.8 Å². The Labute approximate surface area is 232 Å². The fraction of sp³-hybridized carbons (Fsp3) is 0.586. The molecule has 5 N–H and O–H groups in total. The lowest BCUT2D eigenvalue weighted by atomic mass is 9.89. The van der Waals surface area contributed by atoms with Gasteiger partial charge in [-0.05, 0) is 74.7 Å². The fourth-order valence-corrected chi connectivity index (χ4v) is 7.66. The lowest BCUT2D eigenvalue weighted by Crippen LogP contribution is -2.53. The maximum atomic E-state index is 13.8. The normalized spacial score (nSPS) is 22.2. The average Bonchev–Trinajstić information content (AvgIpc) is 2.93. The molecule has 2 fully saturated rings. The van der Waals surface area contributed by atoms with Crippen LogP contribution in [0.5, 0.6) is 0 Å². The molecule has 0 bridgehead atoms. The summed E-state index contributed by atoms with van der Waals surface area (Å²) in [6.45, 7) is 6.63. The lowest BCUT2D eigenvalue weighted by Gasteiger charge is -2.39. The van der Waals surface area contributed by atoms with Gasteiger partial charge >= 0.3 is 0 Å². The summed E-state index contributed by atoms with van der Waals surface area (Å²) in [5.74, 6) is -0.614. The zero-order valence-electron chi connectivity index (χ0n) is 23.1. The van der Waals surface area contributed by atoms with Crippen molar-refractivity contribution < 1.29 is 18.0 Å². The minimum Gasteiger partial charge on any atom is -0.374 e. The van der Waals surface area contributed by atoms with Crippen LogP contribution in [0.4, 0.5) is 0 Å². The maximum absolute atomic E-state index is 13.8. The lowest BCUT2D eigenvalue weighted by molar-refractivity contribution is -0.125. The molecule has 4 rings (SSSR count). The number of nitrogens with two attached hydrogens (primary N) is 1. The summed E-state index contributed by atoms with van der Waals surface area (Å²) in [4.78, 5) is 27.1. The van der Waals surface area contributed by atoms with Gasteiger partial charge < -0.3 is 21.3 Å². The number of carbonyl (C=O) groups excluding carboxylic acids is 2. The average molecular weight is 558 g/mol. The van der Waals surface area contributed by atoms with Crippen LogP contribution in [0.3, 0.4) is 0 Å². The number of rotatable bonds is 10. The minimum absolute atomic E-state index is 0.0670. The molecule has 39 heavy (non-hydrogen) atoms. The fourth-order valence-electron chi connectivity index (χ4n) is 5.80. The van der Waals surface area contributed by atoms with Crippen molar-refractivity contribution >= 4 is 21.8 Å². The maximum Gasteiger partial charge on any atom is 0.235 e. The summed E-state index contributed by atoms with van der Waals surface area (Å²) < 4.78 is 30.1. The highest BCUT2D eigenvalue weighted by Crippen LogP contribution is 2.32. The smallest absolute Gasteiger partial charge is 0.235 e. The summed E-state index contributed by atoms with van der Waals surface area (Å²) in [5.41, 5.74) is 8.14. The van der Waals surface area contributed by atoms with Crippen molar-refractivity contribution in [3.63, 3.8) is 0 Å². The monoisotopic (exact) mass is 557 g/mol. The number of nitrogens with one attached hydrogen (secondary N) is 3. The van der Waals surface area contributed by atoms with E-state index in [-0.39, 0.29) is 24.2 Å². The van der Waals surface area contributed by atoms with Crippen LogP contribution in [-0.2, 0) is 26.0 Å². The second-order valence-electron chi connectivity index (χ2n) is 11.4. The zero-order chi connectivity index (χ0) is 28.0. The van der Waals surface area contributed by atoms with Gasteiger partial charge in [-0.15, -0.1) is 0 Å². The molecule has 214 valence electrons. The number of piperidine rings is 2. The van der Waals surface area contributed by atoms with Crippen LogP contribution in [0.15, 0.2) is 53.9 Å². The van der Waals surface area contributed by atoms with Crippen LogP contribution in [0.2, 0.25) is 0 Å². The standard InChI is InChI=1S/C29H43N5O4S/c1-20(2)27(28(30)35)33-39(37,38)26-19-24(32-29(36)23-10-14-31-15-11-23)8-9-25(26)34-16-12-22(13-17-34)18-21-6-4-3-5-7-21/h3-9,20,22-23,26-27,31,33H,10-19H2,1-2H3,(H2,30,35)(H,32,36). The second kappa shape index (κ2) is 13.1. The predicted molar refractivity (Wildman–Crippen MR) is 153 cm³/mol. The molecule has 0 radical (unpaired) electrons. The number of primary amides is 1. The van der Waals surface area contributed by atoms with E-state index < -0.39 is 27.2 Å². The first-order valence-corrected chi connectivity index (χ1v) is 15.7. The van der Waals surface area contributed by atoms with Gasteiger partial charge in [0, 0.05) is 36.8 Å². The van der Waals surface area contributed by atoms with Crippen LogP contribution in [0.25, 0.3) is 0 Å². The van der Waals surface area contributed by atoms with Crippen LogP contribution in [0, 0.1) is 17.8 Å². The van der Waals surface area contributed by atoms with Gasteiger partial charge in [0.15, 0.2) is 0 Å². The number of sulfonamides is 1. The highest BCUT2D eigenvalue weighted by atomic mass is 32.2. The first-order chi connectivity index (χ1) is 18.6. The van der Waals surface area contributed by atoms with Gasteiger partial charge in [-0.1, -0.05) is 44.2 Å². The van der Waals surface area contributed by atoms with Gasteiger partial charge in [0.1, 0.15) is 11.3 Å². The first-order valence-electron chi connectivity index (χ1n) is 14.2. The quantitative estimate of drug-likeness (QED) is 0.348. The zero-order valence-corrected chi connectivity index (χ0v) is 23.9. The third-order valence-corrected chi connectivity index (χ3v) is 9.91. The Kier molecular flexibility index (Phi) is 9.85. The topological polar surface area (TPSA) is 134 Å². The summed E-state index contributed by atoms with van der Waals surface area (Å²) in [7, 11) is -3.99. The molecule has 0 aromatic heterocycles. The van der Waals surface area contributed by atoms with Crippen molar-refractivity contribution in [2.75, 3.05) is 26.2 Å². The summed E-state index contributed by atoms with van der Waals surface area (Å²) in [6, 6.07) is 9.44. The van der Waals surface area contributed by atoms with Gasteiger partial charge in [0.25, 0.3) is 0 Å². The van der Waals surface area contributed by atoms with Crippen LogP contribution < -0.4 is 21.1 Å². The molecular weight excluding hydrogens is 514 g/mol. The van der Waals surface area contributed by atoms with Crippen LogP contribution >= 0.6 is 0 Å². The molecule has 1 aromatic carbocycles. The molecule has 1 aliphatic carbocycles. The van der Waals surface area contributed by atoms with Crippen molar-refractivity contribution in [1.82, 2.24) is 20.3 Å². The Morgan fingerprint density at radius 1 is 1.05 bits per heavy atom. The Morgan fingerprint density at radius 2 is 1.72 bits per heavy atom. The number of hydrogen-bond acceptors (Lipinski definition) is 6. The van der Waals surface area contributed by atoms with Crippen molar-refractivity contribution in [1.29, 1.82) is 0 Å². The minimum atomic E-state index is -3.99. The molecular formula is C29H43N5O4S. The molecule has 9 nitrogen and oxygen atoms in total. The van der Waals surface area contributed by atoms with Crippen LogP contribution in [0.1, 0.15) is 51.5 Å². The number of amides is 2. The van der Waals surface area contributed by atoms with Crippen molar-refractivity contribution in [3.05, 3.63) is 59.4 Å². The van der Waals surface area contributed by atoms with E-state index in [1.807, 2.05) is 18.2 Å². The number of allylic oxidation sites excluding steroid dienone is 3. The molecule has 3 aliphatic rings. The summed E-state index contributed by atoms with van der Waals surface area (Å²) in [5, 5.41) is 5.32. The van der Waals surface area contributed by atoms with E-state index >= 15 is 0 Å². The molecule has 10 heteroatoms. The Bertz CT molecular complexity index is 1170. The first kappa shape index (κ1) is 29.3. The molecule has 2 saturated heterocycles. The molecule has 2 atom stereocenters. The number of nitrogens with zero attached hydrogens (tertiary/aromatic N) is 1. The number of carbonyl (C=O) groups is 2. The number of benzene rings is 1. The Balaban J connectivity index is 1.51. The molecule has 2 unspecified atom stereocenters. The highest BCUT2D eigenvalue weighted by Gasteiger charge is 2.39. The van der Waals surface area contributed by atoms with E-state index in [9.17, 15) is 18.0 Å². The Morgan fingerprint density at radius 3 is 2.33 bits per heavy atom. The van der Waals surface area contributed by atoms with Gasteiger partial charge in [-0.25, -0.2) is 13.1 Å². The van der Waals surface area contributed by atoms with Crippen LogP contribution in [-0.4, -0.2) is 62.6 Å². The Hall–Kier alpha value is -2.69. The van der Waals surface area contributed by atoms with E-state index in [2.05, 4.69) is 44.5 Å². The highest BCUT2D eigenvalue weighted by molar-refractivity contribution is 7.90. The van der Waals surface area contributed by atoms with E-state index in [0.29, 0.717) is 17.3 Å². The van der Waals surface area contributed by atoms with Crippen molar-refractivity contribution in [2.45, 2.75) is 63.7 Å². The van der Waals surface area contributed by atoms with E-state index in [4.69, 9.17) is 5.73 Å². The molecule has 0 saturated carbocycles. The number of hydrogen-bond donors (Lipinski definition) is 4. The predicted octanol–water partition coefficient (Wildman–Crippen LogP) is 2.03. The summed E-state index contributed by atoms with van der Waals surface area (Å²) in [6.07, 6.45) is 8.26. The van der Waals surface area contributed by atoms with Gasteiger partial charge in [0.2, 0.25) is 21.8 Å². The molecule has 1 aromatic rings. The van der Waals surface area contributed by atoms with Crippen molar-refractivity contribution in [3.8, 4) is 0 Å². The van der Waals surface area contributed by atoms with Crippen molar-refractivity contribution in [2.24, 2.45) is 23.5 Å². The third-order valence-electron chi connectivity index (χ3n) is 8.17. The largest absolute Gasteiger partial charge is 0.374 e.